The van der Waals surface area contributed by atoms with Gasteiger partial charge in [-0.1, -0.05) is 11.6 Å². The van der Waals surface area contributed by atoms with Crippen LogP contribution in [0.3, 0.4) is 0 Å². The van der Waals surface area contributed by atoms with Gasteiger partial charge in [0.2, 0.25) is 0 Å². The van der Waals surface area contributed by atoms with Gasteiger partial charge in [0.15, 0.2) is 0 Å². The number of nitrogens with zero attached hydrogens (tertiary/aromatic N) is 2. The lowest BCUT2D eigenvalue weighted by Gasteiger charge is -2.01. The van der Waals surface area contributed by atoms with E-state index in [-0.39, 0.29) is 0 Å². The van der Waals surface area contributed by atoms with E-state index in [1.807, 2.05) is 13.1 Å². The molecule has 4 heteroatoms. The van der Waals surface area contributed by atoms with Crippen molar-refractivity contribution in [3.05, 3.63) is 29.0 Å². The van der Waals surface area contributed by atoms with Crippen molar-refractivity contribution in [1.29, 1.82) is 0 Å². The molecule has 2 aromatic rings. The number of pyridine rings is 1. The van der Waals surface area contributed by atoms with Crippen molar-refractivity contribution in [2.45, 2.75) is 6.42 Å². The fraction of sp³-hybridized carbons (Fsp3) is 0.300. The Kier molecular flexibility index (Phi) is 2.44. The maximum atomic E-state index is 5.88. The molecule has 2 rings (SSSR count). The van der Waals surface area contributed by atoms with Gasteiger partial charge in [-0.15, -0.1) is 0 Å². The van der Waals surface area contributed by atoms with E-state index < -0.39 is 0 Å². The van der Waals surface area contributed by atoms with Crippen molar-refractivity contribution in [2.75, 3.05) is 6.54 Å². The SMILES string of the molecule is Cn1c(CCN)cc2ncc(Cl)cc21. The number of halogens is 1. The molecule has 0 aromatic carbocycles. The summed E-state index contributed by atoms with van der Waals surface area (Å²) >= 11 is 5.88. The molecule has 0 aliphatic carbocycles. The van der Waals surface area contributed by atoms with Crippen molar-refractivity contribution in [1.82, 2.24) is 9.55 Å². The second-order valence-corrected chi connectivity index (χ2v) is 3.73. The summed E-state index contributed by atoms with van der Waals surface area (Å²) < 4.78 is 2.08. The first-order valence-corrected chi connectivity index (χ1v) is 4.90. The lowest BCUT2D eigenvalue weighted by Crippen LogP contribution is -2.06. The van der Waals surface area contributed by atoms with E-state index in [1.165, 1.54) is 5.69 Å². The van der Waals surface area contributed by atoms with E-state index in [9.17, 15) is 0 Å². The normalized spacial score (nSPS) is 11.1. The topological polar surface area (TPSA) is 43.8 Å². The minimum atomic E-state index is 0.651. The van der Waals surface area contributed by atoms with Crippen LogP contribution in [0.15, 0.2) is 18.3 Å². The van der Waals surface area contributed by atoms with Gasteiger partial charge in [0.1, 0.15) is 0 Å². The molecule has 0 amide bonds. The standard InChI is InChI=1S/C10H12ClN3/c1-14-8(2-3-12)5-9-10(14)4-7(11)6-13-9/h4-6H,2-3,12H2,1H3. The molecule has 0 spiro atoms. The Labute approximate surface area is 87.5 Å². The summed E-state index contributed by atoms with van der Waals surface area (Å²) in [5.74, 6) is 0. The minimum Gasteiger partial charge on any atom is -0.346 e. The number of aryl methyl sites for hydroxylation is 1. The molecule has 0 bridgehead atoms. The van der Waals surface area contributed by atoms with Crippen LogP contribution in [0, 0.1) is 0 Å². The second kappa shape index (κ2) is 3.59. The van der Waals surface area contributed by atoms with E-state index in [0.29, 0.717) is 11.6 Å². The Morgan fingerprint density at radius 3 is 3.00 bits per heavy atom. The highest BCUT2D eigenvalue weighted by Gasteiger charge is 2.05. The summed E-state index contributed by atoms with van der Waals surface area (Å²) in [6.45, 7) is 0.651. The zero-order chi connectivity index (χ0) is 10.1. The van der Waals surface area contributed by atoms with Crippen LogP contribution in [0.4, 0.5) is 0 Å². The van der Waals surface area contributed by atoms with Crippen molar-refractivity contribution in [3.63, 3.8) is 0 Å². The quantitative estimate of drug-likeness (QED) is 0.819. The van der Waals surface area contributed by atoms with E-state index in [2.05, 4.69) is 15.6 Å². The van der Waals surface area contributed by atoms with Crippen LogP contribution in [-0.2, 0) is 13.5 Å². The third-order valence-corrected chi connectivity index (χ3v) is 2.57. The Bertz CT molecular complexity index is 462. The summed E-state index contributed by atoms with van der Waals surface area (Å²) in [7, 11) is 2.01. The fourth-order valence-corrected chi connectivity index (χ4v) is 1.77. The molecule has 0 saturated heterocycles. The van der Waals surface area contributed by atoms with E-state index >= 15 is 0 Å². The monoisotopic (exact) mass is 209 g/mol. The van der Waals surface area contributed by atoms with E-state index in [4.69, 9.17) is 17.3 Å². The number of hydrogen-bond acceptors (Lipinski definition) is 2. The molecule has 2 aromatic heterocycles. The molecule has 3 nitrogen and oxygen atoms in total. The first kappa shape index (κ1) is 9.49. The first-order chi connectivity index (χ1) is 6.72. The van der Waals surface area contributed by atoms with Crippen LogP contribution in [-0.4, -0.2) is 16.1 Å². The van der Waals surface area contributed by atoms with Crippen LogP contribution in [0.1, 0.15) is 5.69 Å². The summed E-state index contributed by atoms with van der Waals surface area (Å²) in [5, 5.41) is 0.665. The van der Waals surface area contributed by atoms with Gasteiger partial charge in [-0.2, -0.15) is 0 Å². The van der Waals surface area contributed by atoms with Gasteiger partial charge < -0.3 is 10.3 Å². The third-order valence-electron chi connectivity index (χ3n) is 2.36. The largest absolute Gasteiger partial charge is 0.346 e. The van der Waals surface area contributed by atoms with Gasteiger partial charge in [0.05, 0.1) is 16.1 Å². The maximum absolute atomic E-state index is 5.88. The Hall–Kier alpha value is -1.06. The fourth-order valence-electron chi connectivity index (χ4n) is 1.62. The maximum Gasteiger partial charge on any atom is 0.0884 e. The van der Waals surface area contributed by atoms with Gasteiger partial charge in [0.25, 0.3) is 0 Å². The molecule has 0 atom stereocenters. The van der Waals surface area contributed by atoms with Crippen molar-refractivity contribution >= 4 is 22.6 Å². The average molecular weight is 210 g/mol. The summed E-state index contributed by atoms with van der Waals surface area (Å²) in [5.41, 5.74) is 8.74. The van der Waals surface area contributed by atoms with Gasteiger partial charge in [-0.05, 0) is 25.1 Å². The number of rotatable bonds is 2. The second-order valence-electron chi connectivity index (χ2n) is 3.29. The van der Waals surface area contributed by atoms with Gasteiger partial charge >= 0.3 is 0 Å². The van der Waals surface area contributed by atoms with Crippen LogP contribution in [0.25, 0.3) is 11.0 Å². The van der Waals surface area contributed by atoms with Crippen molar-refractivity contribution in [3.8, 4) is 0 Å². The molecule has 74 valence electrons. The molecule has 0 saturated carbocycles. The van der Waals surface area contributed by atoms with Crippen LogP contribution in [0.5, 0.6) is 0 Å². The number of fused-ring (bicyclic) bond motifs is 1. The summed E-state index contributed by atoms with van der Waals surface area (Å²) in [4.78, 5) is 4.25. The predicted octanol–water partition coefficient (Wildman–Crippen LogP) is 1.73. The molecular weight excluding hydrogens is 198 g/mol. The molecular formula is C10H12ClN3. The summed E-state index contributed by atoms with van der Waals surface area (Å²) in [6, 6.07) is 3.97. The molecule has 0 aliphatic rings. The van der Waals surface area contributed by atoms with E-state index in [1.54, 1.807) is 6.20 Å². The highest BCUT2D eigenvalue weighted by Crippen LogP contribution is 2.20. The first-order valence-electron chi connectivity index (χ1n) is 4.52. The van der Waals surface area contributed by atoms with Crippen LogP contribution in [0.2, 0.25) is 5.02 Å². The van der Waals surface area contributed by atoms with Gasteiger partial charge in [-0.25, -0.2) is 0 Å². The zero-order valence-electron chi connectivity index (χ0n) is 8.00. The van der Waals surface area contributed by atoms with E-state index in [0.717, 1.165) is 17.5 Å². The molecule has 14 heavy (non-hydrogen) atoms. The van der Waals surface area contributed by atoms with Crippen LogP contribution < -0.4 is 5.73 Å². The minimum absolute atomic E-state index is 0.651. The Morgan fingerprint density at radius 2 is 2.29 bits per heavy atom. The Balaban J connectivity index is 2.62. The van der Waals surface area contributed by atoms with Crippen molar-refractivity contribution < 1.29 is 0 Å². The lowest BCUT2D eigenvalue weighted by molar-refractivity contribution is 0.827. The molecule has 0 aliphatic heterocycles. The molecule has 0 fully saturated rings. The van der Waals surface area contributed by atoms with Gasteiger partial charge in [0, 0.05) is 18.9 Å². The third kappa shape index (κ3) is 1.49. The van der Waals surface area contributed by atoms with Gasteiger partial charge in [-0.3, -0.25) is 4.98 Å². The zero-order valence-corrected chi connectivity index (χ0v) is 8.75. The number of aromatic nitrogens is 2. The molecule has 0 unspecified atom stereocenters. The average Bonchev–Trinajstić information content (AvgIpc) is 2.46. The highest BCUT2D eigenvalue weighted by atomic mass is 35.5. The number of nitrogens with two attached hydrogens (primary N) is 1. The van der Waals surface area contributed by atoms with Crippen molar-refractivity contribution in [2.24, 2.45) is 12.8 Å². The summed E-state index contributed by atoms with van der Waals surface area (Å²) in [6.07, 6.45) is 2.53. The molecule has 2 heterocycles. The molecule has 2 N–H and O–H groups in total. The highest BCUT2D eigenvalue weighted by molar-refractivity contribution is 6.31. The molecule has 0 radical (unpaired) electrons. The van der Waals surface area contributed by atoms with Crippen LogP contribution >= 0.6 is 11.6 Å². The smallest absolute Gasteiger partial charge is 0.0884 e. The lowest BCUT2D eigenvalue weighted by atomic mass is 10.3. The number of hydrogen-bond donors (Lipinski definition) is 1. The predicted molar refractivity (Wildman–Crippen MR) is 58.5 cm³/mol. The Morgan fingerprint density at radius 1 is 1.50 bits per heavy atom.